The second-order valence-electron chi connectivity index (χ2n) is 6.28. The smallest absolute Gasteiger partial charge is 0.230 e. The lowest BCUT2D eigenvalue weighted by Gasteiger charge is -2.26. The third-order valence-corrected chi connectivity index (χ3v) is 6.35. The molecule has 4 rings (SSSR count). The van der Waals surface area contributed by atoms with E-state index in [9.17, 15) is 4.79 Å². The lowest BCUT2D eigenvalue weighted by molar-refractivity contribution is -0.119. The molecule has 1 amide bonds. The van der Waals surface area contributed by atoms with Crippen molar-refractivity contribution in [3.63, 3.8) is 0 Å². The van der Waals surface area contributed by atoms with Crippen LogP contribution in [0.1, 0.15) is 18.0 Å². The molecule has 1 aliphatic rings. The zero-order valence-electron chi connectivity index (χ0n) is 15.8. The van der Waals surface area contributed by atoms with E-state index >= 15 is 0 Å². The zero-order chi connectivity index (χ0) is 20.1. The number of carbonyl (C=O) groups excluding carboxylic acids is 1. The van der Waals surface area contributed by atoms with Gasteiger partial charge in [-0.15, -0.1) is 10.2 Å². The molecule has 1 aliphatic heterocycles. The van der Waals surface area contributed by atoms with Gasteiger partial charge in [0.15, 0.2) is 4.34 Å². The fraction of sp³-hybridized carbons (Fsp3) is 0.250. The van der Waals surface area contributed by atoms with E-state index in [2.05, 4.69) is 20.8 Å². The van der Waals surface area contributed by atoms with E-state index in [0.717, 1.165) is 33.5 Å². The van der Waals surface area contributed by atoms with Gasteiger partial charge in [0, 0.05) is 12.0 Å². The number of hydrogen-bond donors (Lipinski definition) is 2. The van der Waals surface area contributed by atoms with Gasteiger partial charge in [0.1, 0.15) is 11.5 Å². The van der Waals surface area contributed by atoms with Gasteiger partial charge in [0.05, 0.1) is 31.2 Å². The highest BCUT2D eigenvalue weighted by Crippen LogP contribution is 2.33. The van der Waals surface area contributed by atoms with E-state index in [4.69, 9.17) is 9.47 Å². The topological polar surface area (TPSA) is 85.4 Å². The highest BCUT2D eigenvalue weighted by molar-refractivity contribution is 8.01. The van der Waals surface area contributed by atoms with Crippen LogP contribution >= 0.6 is 23.1 Å². The Morgan fingerprint density at radius 3 is 2.97 bits per heavy atom. The quantitative estimate of drug-likeness (QED) is 0.550. The molecule has 1 unspecified atom stereocenters. The summed E-state index contributed by atoms with van der Waals surface area (Å²) >= 11 is 2.77. The van der Waals surface area contributed by atoms with E-state index in [-0.39, 0.29) is 17.7 Å². The Morgan fingerprint density at radius 1 is 1.24 bits per heavy atom. The van der Waals surface area contributed by atoms with Gasteiger partial charge in [-0.25, -0.2) is 0 Å². The van der Waals surface area contributed by atoms with Crippen LogP contribution in [0.5, 0.6) is 11.5 Å². The van der Waals surface area contributed by atoms with Crippen LogP contribution in [0.2, 0.25) is 0 Å². The monoisotopic (exact) mass is 428 g/mol. The van der Waals surface area contributed by atoms with Crippen LogP contribution in [0.15, 0.2) is 52.9 Å². The summed E-state index contributed by atoms with van der Waals surface area (Å²) < 4.78 is 11.7. The predicted octanol–water partition coefficient (Wildman–Crippen LogP) is 4.02. The number of para-hydroxylation sites is 3. The maximum Gasteiger partial charge on any atom is 0.230 e. The van der Waals surface area contributed by atoms with Crippen molar-refractivity contribution in [3.8, 4) is 11.5 Å². The first kappa shape index (κ1) is 19.5. The van der Waals surface area contributed by atoms with Crippen molar-refractivity contribution in [1.82, 2.24) is 15.5 Å². The summed E-state index contributed by atoms with van der Waals surface area (Å²) in [5, 5.41) is 15.2. The zero-order valence-corrected chi connectivity index (χ0v) is 17.4. The van der Waals surface area contributed by atoms with Crippen LogP contribution in [0.4, 0.5) is 10.8 Å². The molecule has 1 atom stereocenters. The van der Waals surface area contributed by atoms with E-state index in [0.29, 0.717) is 11.7 Å². The van der Waals surface area contributed by atoms with E-state index < -0.39 is 0 Å². The summed E-state index contributed by atoms with van der Waals surface area (Å²) in [4.78, 5) is 12.4. The summed E-state index contributed by atoms with van der Waals surface area (Å²) in [6, 6.07) is 15.4. The number of rotatable bonds is 7. The first-order chi connectivity index (χ1) is 14.2. The van der Waals surface area contributed by atoms with Gasteiger partial charge in [0.25, 0.3) is 0 Å². The number of benzene rings is 2. The molecule has 0 fully saturated rings. The fourth-order valence-electron chi connectivity index (χ4n) is 3.04. The number of ether oxygens (including phenoxy) is 2. The molecule has 0 saturated heterocycles. The lowest BCUT2D eigenvalue weighted by Crippen LogP contribution is -2.33. The summed E-state index contributed by atoms with van der Waals surface area (Å²) in [5.41, 5.74) is 1.84. The third-order valence-electron chi connectivity index (χ3n) is 4.38. The van der Waals surface area contributed by atoms with Crippen molar-refractivity contribution < 1.29 is 14.3 Å². The van der Waals surface area contributed by atoms with Crippen molar-refractivity contribution in [2.45, 2.75) is 16.8 Å². The Bertz CT molecular complexity index is 995. The number of thioether (sulfide) groups is 1. The molecule has 150 valence electrons. The first-order valence-electron chi connectivity index (χ1n) is 9.10. The first-order valence-corrected chi connectivity index (χ1v) is 10.9. The summed E-state index contributed by atoms with van der Waals surface area (Å²) in [5.74, 6) is 1.81. The summed E-state index contributed by atoms with van der Waals surface area (Å²) in [6.07, 6.45) is 0.763. The molecule has 29 heavy (non-hydrogen) atoms. The largest absolute Gasteiger partial charge is 0.495 e. The standard InChI is InChI=1S/C20H20N4O3S2/c1-26-17-9-5-3-7-15(17)22-19-23-24-20(29-19)28-12-18(25)21-14-10-11-27-16-8-4-2-6-13(14)16/h2-9,14H,10-12H2,1H3,(H,21,25)(H,22,23). The SMILES string of the molecule is COc1ccccc1Nc1nnc(SCC(=O)NC2CCOc3ccccc32)s1. The number of amides is 1. The molecule has 1 aromatic heterocycles. The molecule has 2 aromatic carbocycles. The average Bonchev–Trinajstić information content (AvgIpc) is 3.20. The fourth-order valence-corrected chi connectivity index (χ4v) is 4.61. The van der Waals surface area contributed by atoms with Crippen LogP contribution in [-0.4, -0.2) is 35.6 Å². The van der Waals surface area contributed by atoms with Crippen LogP contribution < -0.4 is 20.1 Å². The molecule has 0 spiro atoms. The molecular weight excluding hydrogens is 408 g/mol. The number of aromatic nitrogens is 2. The number of methoxy groups -OCH3 is 1. The predicted molar refractivity (Wildman–Crippen MR) is 114 cm³/mol. The number of fused-ring (bicyclic) bond motifs is 1. The molecule has 9 heteroatoms. The Hall–Kier alpha value is -2.78. The molecule has 0 aliphatic carbocycles. The number of carbonyl (C=O) groups is 1. The molecule has 2 N–H and O–H groups in total. The van der Waals surface area contributed by atoms with Crippen LogP contribution in [0, 0.1) is 0 Å². The van der Waals surface area contributed by atoms with Crippen LogP contribution in [0.3, 0.4) is 0 Å². The molecule has 0 bridgehead atoms. The van der Waals surface area contributed by atoms with Gasteiger partial charge in [-0.05, 0) is 18.2 Å². The van der Waals surface area contributed by atoms with Crippen molar-refractivity contribution in [3.05, 3.63) is 54.1 Å². The Kier molecular flexibility index (Phi) is 6.16. The van der Waals surface area contributed by atoms with E-state index in [1.165, 1.54) is 23.1 Å². The third kappa shape index (κ3) is 4.80. The molecule has 3 aromatic rings. The van der Waals surface area contributed by atoms with Crippen LogP contribution in [-0.2, 0) is 4.79 Å². The minimum Gasteiger partial charge on any atom is -0.495 e. The Morgan fingerprint density at radius 2 is 2.07 bits per heavy atom. The molecular formula is C20H20N4O3S2. The van der Waals surface area contributed by atoms with E-state index in [1.54, 1.807) is 7.11 Å². The van der Waals surface area contributed by atoms with Crippen molar-refractivity contribution in [1.29, 1.82) is 0 Å². The lowest BCUT2D eigenvalue weighted by atomic mass is 10.0. The Balaban J connectivity index is 1.32. The van der Waals surface area contributed by atoms with E-state index in [1.807, 2.05) is 48.5 Å². The van der Waals surface area contributed by atoms with Crippen LogP contribution in [0.25, 0.3) is 0 Å². The second-order valence-corrected chi connectivity index (χ2v) is 8.48. The maximum atomic E-state index is 12.4. The summed E-state index contributed by atoms with van der Waals surface area (Å²) in [7, 11) is 1.62. The van der Waals surface area contributed by atoms with Gasteiger partial charge in [-0.1, -0.05) is 53.4 Å². The number of nitrogens with zero attached hydrogens (tertiary/aromatic N) is 2. The number of nitrogens with one attached hydrogen (secondary N) is 2. The van der Waals surface area contributed by atoms with Crippen molar-refractivity contribution in [2.75, 3.05) is 24.8 Å². The minimum atomic E-state index is -0.0360. The van der Waals surface area contributed by atoms with Crippen molar-refractivity contribution >= 4 is 39.8 Å². The average molecular weight is 429 g/mol. The highest BCUT2D eigenvalue weighted by Gasteiger charge is 2.22. The highest BCUT2D eigenvalue weighted by atomic mass is 32.2. The molecule has 7 nitrogen and oxygen atoms in total. The second kappa shape index (κ2) is 9.15. The summed E-state index contributed by atoms with van der Waals surface area (Å²) in [6.45, 7) is 0.601. The normalized spacial score (nSPS) is 15.1. The number of hydrogen-bond acceptors (Lipinski definition) is 8. The van der Waals surface area contributed by atoms with Gasteiger partial charge < -0.3 is 20.1 Å². The maximum absolute atomic E-state index is 12.4. The van der Waals surface area contributed by atoms with Gasteiger partial charge in [-0.3, -0.25) is 4.79 Å². The van der Waals surface area contributed by atoms with Gasteiger partial charge >= 0.3 is 0 Å². The van der Waals surface area contributed by atoms with Gasteiger partial charge in [0.2, 0.25) is 11.0 Å². The molecule has 2 heterocycles. The number of anilines is 2. The minimum absolute atomic E-state index is 0.0229. The van der Waals surface area contributed by atoms with Gasteiger partial charge in [-0.2, -0.15) is 0 Å². The Labute approximate surface area is 176 Å². The molecule has 0 saturated carbocycles. The molecule has 0 radical (unpaired) electrons. The van der Waals surface area contributed by atoms with Crippen molar-refractivity contribution in [2.24, 2.45) is 0 Å².